The zero-order valence-electron chi connectivity index (χ0n) is 17.0. The second kappa shape index (κ2) is 7.87. The molecule has 152 valence electrons. The minimum atomic E-state index is -0.930. The molecule has 0 saturated carbocycles. The fraction of sp³-hybridized carbons (Fsp3) is 0.391. The lowest BCUT2D eigenvalue weighted by Gasteiger charge is -2.39. The zero-order valence-corrected chi connectivity index (χ0v) is 17.0. The first-order valence-electron chi connectivity index (χ1n) is 9.97. The van der Waals surface area contributed by atoms with Crippen molar-refractivity contribution in [2.45, 2.75) is 25.3 Å². The van der Waals surface area contributed by atoms with Crippen LogP contribution in [0, 0.1) is 0 Å². The molecule has 29 heavy (non-hydrogen) atoms. The highest BCUT2D eigenvalue weighted by Gasteiger charge is 2.36. The first-order valence-corrected chi connectivity index (χ1v) is 9.97. The number of aromatic carboxylic acids is 1. The van der Waals surface area contributed by atoms with Gasteiger partial charge in [0.05, 0.1) is 31.0 Å². The van der Waals surface area contributed by atoms with Crippen LogP contribution in [0.1, 0.15) is 46.3 Å². The zero-order chi connectivity index (χ0) is 20.5. The highest BCUT2D eigenvalue weighted by molar-refractivity contribution is 6.15. The average molecular weight is 394 g/mol. The maximum Gasteiger partial charge on any atom is 0.335 e. The molecule has 0 amide bonds. The lowest BCUT2D eigenvalue weighted by atomic mass is 9.79. The summed E-state index contributed by atoms with van der Waals surface area (Å²) in [6.07, 6.45) is 0.993. The summed E-state index contributed by atoms with van der Waals surface area (Å²) in [6, 6.07) is 11.3. The van der Waals surface area contributed by atoms with E-state index in [1.165, 1.54) is 5.56 Å². The van der Waals surface area contributed by atoms with Crippen molar-refractivity contribution in [2.24, 2.45) is 4.99 Å². The Morgan fingerprint density at radius 3 is 2.66 bits per heavy atom. The van der Waals surface area contributed by atoms with Crippen molar-refractivity contribution in [3.63, 3.8) is 0 Å². The van der Waals surface area contributed by atoms with Crippen LogP contribution < -0.4 is 9.47 Å². The van der Waals surface area contributed by atoms with Crippen molar-refractivity contribution in [3.8, 4) is 11.5 Å². The minimum absolute atomic E-state index is 0.204. The van der Waals surface area contributed by atoms with Crippen LogP contribution in [0.25, 0.3) is 0 Å². The second-order valence-corrected chi connectivity index (χ2v) is 7.61. The van der Waals surface area contributed by atoms with Gasteiger partial charge in [0.25, 0.3) is 0 Å². The molecule has 2 aromatic rings. The van der Waals surface area contributed by atoms with Gasteiger partial charge in [0, 0.05) is 23.6 Å². The summed E-state index contributed by atoms with van der Waals surface area (Å²) in [5.41, 5.74) is 4.33. The Balaban J connectivity index is 1.85. The molecule has 6 nitrogen and oxygen atoms in total. The molecular weight excluding hydrogens is 368 g/mol. The van der Waals surface area contributed by atoms with Crippen molar-refractivity contribution < 1.29 is 19.4 Å². The van der Waals surface area contributed by atoms with Crippen LogP contribution in [0.4, 0.5) is 0 Å². The number of carbonyl (C=O) groups is 1. The Kier molecular flexibility index (Phi) is 5.28. The van der Waals surface area contributed by atoms with Crippen LogP contribution in [-0.4, -0.2) is 61.6 Å². The van der Waals surface area contributed by atoms with Gasteiger partial charge in [0.1, 0.15) is 0 Å². The second-order valence-electron chi connectivity index (χ2n) is 7.61. The van der Waals surface area contributed by atoms with E-state index in [1.54, 1.807) is 19.2 Å². The van der Waals surface area contributed by atoms with Gasteiger partial charge in [-0.2, -0.15) is 0 Å². The van der Waals surface area contributed by atoms with Gasteiger partial charge in [-0.25, -0.2) is 4.79 Å². The summed E-state index contributed by atoms with van der Waals surface area (Å²) < 4.78 is 11.4. The number of rotatable bonds is 5. The summed E-state index contributed by atoms with van der Waals surface area (Å²) in [4.78, 5) is 18.7. The third-order valence-corrected chi connectivity index (χ3v) is 5.77. The van der Waals surface area contributed by atoms with E-state index in [1.807, 2.05) is 25.1 Å². The molecule has 0 aromatic heterocycles. The van der Waals surface area contributed by atoms with Crippen molar-refractivity contribution in [1.29, 1.82) is 0 Å². The molecule has 2 aliphatic rings. The molecule has 4 rings (SSSR count). The number of benzene rings is 2. The first kappa shape index (κ1) is 19.5. The number of aliphatic imine (C=N–C) groups is 1. The number of likely N-dealkylation sites (N-methyl/N-ethyl adjacent to an activating group) is 1. The molecule has 2 aromatic carbocycles. The normalized spacial score (nSPS) is 21.0. The Morgan fingerprint density at radius 2 is 2.00 bits per heavy atom. The van der Waals surface area contributed by atoms with Gasteiger partial charge in [-0.05, 0) is 56.8 Å². The topological polar surface area (TPSA) is 71.4 Å². The molecule has 0 aliphatic carbocycles. The molecule has 0 spiro atoms. The van der Waals surface area contributed by atoms with Crippen LogP contribution in [0.15, 0.2) is 41.4 Å². The quantitative estimate of drug-likeness (QED) is 0.841. The lowest BCUT2D eigenvalue weighted by molar-refractivity contribution is 0.0697. The van der Waals surface area contributed by atoms with Crippen LogP contribution in [0.3, 0.4) is 0 Å². The largest absolute Gasteiger partial charge is 0.493 e. The fourth-order valence-electron chi connectivity index (χ4n) is 4.31. The number of piperidine rings is 1. The highest BCUT2D eigenvalue weighted by Crippen LogP contribution is 2.42. The molecule has 0 bridgehead atoms. The molecular formula is C23H26N2O4. The first-order chi connectivity index (χ1) is 14.0. The van der Waals surface area contributed by atoms with Crippen LogP contribution in [-0.2, 0) is 0 Å². The van der Waals surface area contributed by atoms with E-state index in [4.69, 9.17) is 14.5 Å². The van der Waals surface area contributed by atoms with E-state index in [-0.39, 0.29) is 11.6 Å². The molecule has 2 heterocycles. The summed E-state index contributed by atoms with van der Waals surface area (Å²) in [5.74, 6) is 0.808. The molecule has 0 radical (unpaired) electrons. The van der Waals surface area contributed by atoms with E-state index in [2.05, 4.69) is 18.0 Å². The number of likely N-dealkylation sites (tertiary alicyclic amines) is 1. The van der Waals surface area contributed by atoms with E-state index in [0.717, 1.165) is 42.1 Å². The molecule has 1 fully saturated rings. The number of hydrogen-bond acceptors (Lipinski definition) is 5. The predicted molar refractivity (Wildman–Crippen MR) is 112 cm³/mol. The lowest BCUT2D eigenvalue weighted by Crippen LogP contribution is -2.41. The number of carboxylic acid groups (broad SMARTS) is 1. The number of ether oxygens (including phenoxy) is 2. The summed E-state index contributed by atoms with van der Waals surface area (Å²) >= 11 is 0. The van der Waals surface area contributed by atoms with E-state index < -0.39 is 5.97 Å². The predicted octanol–water partition coefficient (Wildman–Crippen LogP) is 3.43. The van der Waals surface area contributed by atoms with Gasteiger partial charge in [-0.3, -0.25) is 4.99 Å². The van der Waals surface area contributed by atoms with Crippen molar-refractivity contribution >= 4 is 11.7 Å². The molecule has 1 saturated heterocycles. The van der Waals surface area contributed by atoms with Crippen molar-refractivity contribution in [2.75, 3.05) is 33.9 Å². The Morgan fingerprint density at radius 1 is 1.24 bits per heavy atom. The van der Waals surface area contributed by atoms with Crippen molar-refractivity contribution in [3.05, 3.63) is 58.7 Å². The molecule has 6 heteroatoms. The minimum Gasteiger partial charge on any atom is -0.493 e. The van der Waals surface area contributed by atoms with Crippen LogP contribution in [0.2, 0.25) is 0 Å². The smallest absolute Gasteiger partial charge is 0.335 e. The SMILES string of the molecule is CCOc1cc2c(cc1OC)C(c1ccc(C(=O)O)cc1)=NC1CCN(C)CC21. The monoisotopic (exact) mass is 394 g/mol. The molecule has 2 unspecified atom stereocenters. The average Bonchev–Trinajstić information content (AvgIpc) is 2.73. The standard InChI is InChI=1S/C23H26N2O4/c1-4-29-21-11-16-17(12-20(21)28-3)22(14-5-7-15(8-6-14)23(26)27)24-19-9-10-25(2)13-18(16)19/h5-8,11-12,18-19H,4,9-10,13H2,1-3H3,(H,26,27). The molecule has 2 aliphatic heterocycles. The summed E-state index contributed by atoms with van der Waals surface area (Å²) in [7, 11) is 3.79. The third kappa shape index (κ3) is 3.60. The van der Waals surface area contributed by atoms with Gasteiger partial charge >= 0.3 is 5.97 Å². The molecule has 2 atom stereocenters. The Labute approximate surface area is 170 Å². The van der Waals surface area contributed by atoms with E-state index in [9.17, 15) is 9.90 Å². The fourth-order valence-corrected chi connectivity index (χ4v) is 4.31. The number of methoxy groups -OCH3 is 1. The number of fused-ring (bicyclic) bond motifs is 3. The molecule has 1 N–H and O–H groups in total. The summed E-state index contributed by atoms with van der Waals surface area (Å²) in [6.45, 7) is 4.50. The van der Waals surface area contributed by atoms with Gasteiger partial charge in [-0.15, -0.1) is 0 Å². The van der Waals surface area contributed by atoms with Crippen molar-refractivity contribution in [1.82, 2.24) is 4.90 Å². The highest BCUT2D eigenvalue weighted by atomic mass is 16.5. The van der Waals surface area contributed by atoms with E-state index >= 15 is 0 Å². The van der Waals surface area contributed by atoms with Crippen LogP contribution in [0.5, 0.6) is 11.5 Å². The van der Waals surface area contributed by atoms with Gasteiger partial charge in [-0.1, -0.05) is 12.1 Å². The van der Waals surface area contributed by atoms with Gasteiger partial charge < -0.3 is 19.5 Å². The Hall–Kier alpha value is -2.86. The van der Waals surface area contributed by atoms with Crippen LogP contribution >= 0.6 is 0 Å². The Bertz CT molecular complexity index is 952. The third-order valence-electron chi connectivity index (χ3n) is 5.77. The number of hydrogen-bond donors (Lipinski definition) is 1. The van der Waals surface area contributed by atoms with Gasteiger partial charge in [0.15, 0.2) is 11.5 Å². The maximum absolute atomic E-state index is 11.2. The number of nitrogens with zero attached hydrogens (tertiary/aromatic N) is 2. The summed E-state index contributed by atoms with van der Waals surface area (Å²) in [5, 5.41) is 9.21. The van der Waals surface area contributed by atoms with Gasteiger partial charge in [0.2, 0.25) is 0 Å². The maximum atomic E-state index is 11.2. The van der Waals surface area contributed by atoms with E-state index in [0.29, 0.717) is 18.3 Å². The number of carboxylic acids is 1.